The number of ether oxygens (including phenoxy) is 3. The van der Waals surface area contributed by atoms with Gasteiger partial charge in [0.2, 0.25) is 6.79 Å². The number of carbonyl (C=O) groups is 1. The highest BCUT2D eigenvalue weighted by Gasteiger charge is 2.49. The lowest BCUT2D eigenvalue weighted by Crippen LogP contribution is -2.63. The molecule has 6 nitrogen and oxygen atoms in total. The van der Waals surface area contributed by atoms with E-state index in [0.29, 0.717) is 12.2 Å². The summed E-state index contributed by atoms with van der Waals surface area (Å²) in [6.07, 6.45) is 0.541. The van der Waals surface area contributed by atoms with E-state index in [0.717, 1.165) is 33.5 Å². The van der Waals surface area contributed by atoms with E-state index in [1.54, 1.807) is 0 Å². The molecule has 2 aliphatic rings. The highest BCUT2D eigenvalue weighted by molar-refractivity contribution is 5.89. The number of para-hydroxylation sites is 1. The van der Waals surface area contributed by atoms with E-state index < -0.39 is 11.1 Å². The highest BCUT2D eigenvalue weighted by atomic mass is 16.7. The molecule has 2 aliphatic heterocycles. The molecule has 0 aliphatic carbocycles. The average Bonchev–Trinajstić information content (AvgIpc) is 3.31. The number of rotatable bonds is 2. The summed E-state index contributed by atoms with van der Waals surface area (Å²) in [5.74, 6) is 1.16. The van der Waals surface area contributed by atoms with Crippen LogP contribution < -0.4 is 14.8 Å². The molecule has 0 amide bonds. The van der Waals surface area contributed by atoms with E-state index in [1.165, 1.54) is 7.11 Å². The van der Waals surface area contributed by atoms with E-state index in [9.17, 15) is 4.79 Å². The van der Waals surface area contributed by atoms with Crippen molar-refractivity contribution >= 4 is 16.9 Å². The lowest BCUT2D eigenvalue weighted by molar-refractivity contribution is -0.149. The van der Waals surface area contributed by atoms with Crippen LogP contribution in [0.5, 0.6) is 11.5 Å². The van der Waals surface area contributed by atoms with Gasteiger partial charge in [-0.1, -0.05) is 24.3 Å². The Kier molecular flexibility index (Phi) is 3.52. The molecule has 0 radical (unpaired) electrons. The first-order valence-corrected chi connectivity index (χ1v) is 9.32. The maximum absolute atomic E-state index is 12.7. The summed E-state index contributed by atoms with van der Waals surface area (Å²) in [7, 11) is 1.43. The van der Waals surface area contributed by atoms with Crippen molar-refractivity contribution in [1.29, 1.82) is 0 Å². The van der Waals surface area contributed by atoms with Gasteiger partial charge in [-0.25, -0.2) is 0 Å². The van der Waals surface area contributed by atoms with Gasteiger partial charge in [0, 0.05) is 23.0 Å². The van der Waals surface area contributed by atoms with E-state index >= 15 is 0 Å². The number of carbonyl (C=O) groups excluding carboxylic acids is 1. The number of fused-ring (bicyclic) bond motifs is 4. The van der Waals surface area contributed by atoms with Gasteiger partial charge < -0.3 is 19.2 Å². The topological polar surface area (TPSA) is 72.6 Å². The number of hydrogen-bond donors (Lipinski definition) is 2. The van der Waals surface area contributed by atoms with Gasteiger partial charge >= 0.3 is 5.97 Å². The summed E-state index contributed by atoms with van der Waals surface area (Å²) >= 11 is 0. The summed E-state index contributed by atoms with van der Waals surface area (Å²) in [5, 5.41) is 4.71. The first-order chi connectivity index (χ1) is 13.4. The summed E-state index contributed by atoms with van der Waals surface area (Å²) in [6.45, 7) is 4.20. The molecule has 0 spiro atoms. The molecule has 0 unspecified atom stereocenters. The first-order valence-electron chi connectivity index (χ1n) is 9.32. The molecular weight excluding hydrogens is 356 g/mol. The van der Waals surface area contributed by atoms with Gasteiger partial charge in [0.25, 0.3) is 0 Å². The third kappa shape index (κ3) is 2.27. The SMILES string of the molecule is COC(=O)[C@@]1(C)Cc2c([nH]c3ccccc23)[C@@](C)(c2ccc3c(c2)OCO3)N1. The van der Waals surface area contributed by atoms with Crippen molar-refractivity contribution in [1.82, 2.24) is 10.3 Å². The van der Waals surface area contributed by atoms with E-state index in [4.69, 9.17) is 14.2 Å². The van der Waals surface area contributed by atoms with E-state index in [2.05, 4.69) is 29.4 Å². The van der Waals surface area contributed by atoms with Gasteiger partial charge in [-0.2, -0.15) is 0 Å². The van der Waals surface area contributed by atoms with Crippen molar-refractivity contribution in [3.05, 3.63) is 59.3 Å². The monoisotopic (exact) mass is 378 g/mol. The minimum atomic E-state index is -0.863. The van der Waals surface area contributed by atoms with Gasteiger partial charge in [-0.05, 0) is 43.2 Å². The van der Waals surface area contributed by atoms with Crippen LogP contribution in [0.25, 0.3) is 10.9 Å². The number of aromatic nitrogens is 1. The van der Waals surface area contributed by atoms with Crippen LogP contribution in [0.2, 0.25) is 0 Å². The quantitative estimate of drug-likeness (QED) is 0.670. The van der Waals surface area contributed by atoms with Crippen LogP contribution in [0.1, 0.15) is 30.7 Å². The standard InChI is InChI=1S/C22H22N2O4/c1-21(20(25)26-3)11-15-14-6-4-5-7-16(14)23-19(15)22(2,24-21)13-8-9-17-18(10-13)28-12-27-17/h4-10,23-24H,11-12H2,1-3H3/t21-,22-/m1/s1. The van der Waals surface area contributed by atoms with Crippen molar-refractivity contribution in [3.8, 4) is 11.5 Å². The Bertz CT molecular complexity index is 1110. The predicted octanol–water partition coefficient (Wildman–Crippen LogP) is 3.24. The zero-order valence-corrected chi connectivity index (χ0v) is 16.1. The van der Waals surface area contributed by atoms with Gasteiger partial charge in [0.05, 0.1) is 12.6 Å². The van der Waals surface area contributed by atoms with Crippen molar-refractivity contribution in [2.75, 3.05) is 13.9 Å². The third-order valence-electron chi connectivity index (χ3n) is 5.96. The third-order valence-corrected chi connectivity index (χ3v) is 5.96. The molecule has 1 aromatic heterocycles. The molecule has 144 valence electrons. The van der Waals surface area contributed by atoms with Crippen LogP contribution in [0.4, 0.5) is 0 Å². The largest absolute Gasteiger partial charge is 0.468 e. The zero-order valence-electron chi connectivity index (χ0n) is 16.1. The maximum Gasteiger partial charge on any atom is 0.326 e. The average molecular weight is 378 g/mol. The normalized spacial score (nSPS) is 25.5. The molecule has 0 bridgehead atoms. The maximum atomic E-state index is 12.7. The Morgan fingerprint density at radius 3 is 2.71 bits per heavy atom. The fraction of sp³-hybridized carbons (Fsp3) is 0.318. The fourth-order valence-corrected chi connectivity index (χ4v) is 4.59. The number of nitrogens with one attached hydrogen (secondary N) is 2. The molecular formula is C22H22N2O4. The number of aromatic amines is 1. The van der Waals surface area contributed by atoms with Crippen LogP contribution in [0.3, 0.4) is 0 Å². The van der Waals surface area contributed by atoms with Crippen LogP contribution in [-0.2, 0) is 21.5 Å². The summed E-state index contributed by atoms with van der Waals surface area (Å²) < 4.78 is 16.2. The number of hydrogen-bond acceptors (Lipinski definition) is 5. The van der Waals surface area contributed by atoms with Crippen LogP contribution in [0.15, 0.2) is 42.5 Å². The van der Waals surface area contributed by atoms with Crippen LogP contribution in [-0.4, -0.2) is 30.4 Å². The predicted molar refractivity (Wildman–Crippen MR) is 105 cm³/mol. The number of esters is 1. The molecule has 6 heteroatoms. The minimum Gasteiger partial charge on any atom is -0.468 e. The Balaban J connectivity index is 1.75. The lowest BCUT2D eigenvalue weighted by Gasteiger charge is -2.44. The first kappa shape index (κ1) is 17.1. The van der Waals surface area contributed by atoms with Crippen molar-refractivity contribution in [2.45, 2.75) is 31.3 Å². The molecule has 2 atom stereocenters. The highest BCUT2D eigenvalue weighted by Crippen LogP contribution is 2.44. The number of H-pyrrole nitrogens is 1. The molecule has 0 saturated heterocycles. The summed E-state index contributed by atoms with van der Waals surface area (Å²) in [5.41, 5.74) is 2.71. The molecule has 5 rings (SSSR count). The van der Waals surface area contributed by atoms with Gasteiger partial charge in [-0.3, -0.25) is 10.1 Å². The van der Waals surface area contributed by atoms with Crippen molar-refractivity contribution < 1.29 is 19.0 Å². The Morgan fingerprint density at radius 2 is 1.89 bits per heavy atom. The second-order valence-electron chi connectivity index (χ2n) is 7.84. The smallest absolute Gasteiger partial charge is 0.326 e. The Labute approximate surface area is 162 Å². The molecule has 2 aromatic carbocycles. The van der Waals surface area contributed by atoms with Crippen molar-refractivity contribution in [2.24, 2.45) is 0 Å². The zero-order chi connectivity index (χ0) is 19.5. The van der Waals surface area contributed by atoms with Gasteiger partial charge in [-0.15, -0.1) is 0 Å². The van der Waals surface area contributed by atoms with E-state index in [-0.39, 0.29) is 12.8 Å². The van der Waals surface area contributed by atoms with E-state index in [1.807, 2.05) is 37.3 Å². The fourth-order valence-electron chi connectivity index (χ4n) is 4.59. The molecule has 3 heterocycles. The molecule has 28 heavy (non-hydrogen) atoms. The Morgan fingerprint density at radius 1 is 1.11 bits per heavy atom. The second-order valence-corrected chi connectivity index (χ2v) is 7.84. The van der Waals surface area contributed by atoms with Crippen LogP contribution in [0, 0.1) is 0 Å². The summed E-state index contributed by atoms with van der Waals surface area (Å²) in [6, 6.07) is 14.1. The second kappa shape index (κ2) is 5.75. The molecule has 2 N–H and O–H groups in total. The molecule has 0 saturated carbocycles. The summed E-state index contributed by atoms with van der Waals surface area (Å²) in [4.78, 5) is 16.3. The molecule has 0 fully saturated rings. The number of benzene rings is 2. The molecule has 3 aromatic rings. The minimum absolute atomic E-state index is 0.223. The lowest BCUT2D eigenvalue weighted by atomic mass is 9.75. The Hall–Kier alpha value is -2.99. The van der Waals surface area contributed by atoms with Gasteiger partial charge in [0.15, 0.2) is 11.5 Å². The van der Waals surface area contributed by atoms with Crippen LogP contribution >= 0.6 is 0 Å². The van der Waals surface area contributed by atoms with Gasteiger partial charge in [0.1, 0.15) is 5.54 Å². The number of methoxy groups -OCH3 is 1. The van der Waals surface area contributed by atoms with Crippen molar-refractivity contribution in [3.63, 3.8) is 0 Å².